The number of hydrogen-bond acceptors (Lipinski definition) is 5. The Balaban J connectivity index is 1.57. The molecule has 1 heterocycles. The van der Waals surface area contributed by atoms with Crippen LogP contribution in [0.1, 0.15) is 18.1 Å². The number of rotatable bonds is 7. The summed E-state index contributed by atoms with van der Waals surface area (Å²) in [6.07, 6.45) is 1.85. The molecule has 0 saturated carbocycles. The number of hydrogen-bond donors (Lipinski definition) is 1. The van der Waals surface area contributed by atoms with Crippen LogP contribution < -0.4 is 14.8 Å². The minimum Gasteiger partial charge on any atom is -0.490 e. The molecule has 1 N–H and O–H groups in total. The van der Waals surface area contributed by atoms with E-state index in [1.807, 2.05) is 79.7 Å². The molecular formula is C25H20I2N2O3S. The zero-order valence-corrected chi connectivity index (χ0v) is 22.8. The molecule has 1 saturated heterocycles. The third kappa shape index (κ3) is 6.30. The van der Waals surface area contributed by atoms with Crippen molar-refractivity contribution in [1.29, 1.82) is 0 Å². The number of carbonyl (C=O) groups excluding carboxylic acids is 1. The monoisotopic (exact) mass is 682 g/mol. The number of thioether (sulfide) groups is 1. The number of para-hydroxylation sites is 1. The van der Waals surface area contributed by atoms with Gasteiger partial charge in [-0.05, 0) is 105 Å². The highest BCUT2D eigenvalue weighted by atomic mass is 127. The second kappa shape index (κ2) is 11.4. The molecule has 168 valence electrons. The van der Waals surface area contributed by atoms with Gasteiger partial charge in [0, 0.05) is 3.57 Å². The third-order valence-electron chi connectivity index (χ3n) is 4.58. The van der Waals surface area contributed by atoms with Crippen LogP contribution in [0.3, 0.4) is 0 Å². The molecule has 0 spiro atoms. The summed E-state index contributed by atoms with van der Waals surface area (Å²) in [5, 5.41) is 3.42. The van der Waals surface area contributed by atoms with E-state index in [9.17, 15) is 4.79 Å². The van der Waals surface area contributed by atoms with Gasteiger partial charge in [-0.25, -0.2) is 4.99 Å². The topological polar surface area (TPSA) is 59.9 Å². The first kappa shape index (κ1) is 24.1. The molecule has 5 nitrogen and oxygen atoms in total. The number of halogens is 2. The van der Waals surface area contributed by atoms with Crippen molar-refractivity contribution in [3.63, 3.8) is 0 Å². The van der Waals surface area contributed by atoms with Crippen LogP contribution in [0.15, 0.2) is 76.6 Å². The summed E-state index contributed by atoms with van der Waals surface area (Å²) in [5.41, 5.74) is 2.78. The molecule has 0 aliphatic carbocycles. The Labute approximate surface area is 224 Å². The van der Waals surface area contributed by atoms with Crippen molar-refractivity contribution in [2.24, 2.45) is 4.99 Å². The van der Waals surface area contributed by atoms with Crippen LogP contribution in [-0.2, 0) is 11.4 Å². The summed E-state index contributed by atoms with van der Waals surface area (Å²) in [4.78, 5) is 17.7. The highest BCUT2D eigenvalue weighted by Crippen LogP contribution is 2.37. The number of benzene rings is 3. The van der Waals surface area contributed by atoms with Gasteiger partial charge in [0.05, 0.1) is 20.8 Å². The Morgan fingerprint density at radius 2 is 1.76 bits per heavy atom. The highest BCUT2D eigenvalue weighted by molar-refractivity contribution is 14.1. The minimum atomic E-state index is -0.165. The van der Waals surface area contributed by atoms with Crippen molar-refractivity contribution in [1.82, 2.24) is 5.32 Å². The molecule has 0 unspecified atom stereocenters. The molecule has 4 rings (SSSR count). The summed E-state index contributed by atoms with van der Waals surface area (Å²) in [5.74, 6) is 1.19. The Morgan fingerprint density at radius 1 is 1.00 bits per heavy atom. The van der Waals surface area contributed by atoms with Gasteiger partial charge in [-0.15, -0.1) is 0 Å². The van der Waals surface area contributed by atoms with Crippen molar-refractivity contribution in [3.05, 3.63) is 89.9 Å². The predicted octanol–water partition coefficient (Wildman–Crippen LogP) is 6.77. The lowest BCUT2D eigenvalue weighted by Gasteiger charge is -2.15. The van der Waals surface area contributed by atoms with Crippen LogP contribution >= 0.6 is 56.9 Å². The first-order chi connectivity index (χ1) is 16.0. The fraction of sp³-hybridized carbons (Fsp3) is 0.120. The van der Waals surface area contributed by atoms with Gasteiger partial charge in [0.25, 0.3) is 5.91 Å². The summed E-state index contributed by atoms with van der Waals surface area (Å²) in [6.45, 7) is 2.90. The maximum atomic E-state index is 12.5. The number of amides is 1. The Morgan fingerprint density at radius 3 is 2.52 bits per heavy atom. The SMILES string of the molecule is CCOc1cc(/C=C2/SC(=Nc3ccccc3I)NC2=O)cc(I)c1OCc1ccccc1. The zero-order chi connectivity index (χ0) is 23.2. The van der Waals surface area contributed by atoms with Crippen LogP contribution in [0, 0.1) is 7.14 Å². The zero-order valence-electron chi connectivity index (χ0n) is 17.7. The third-order valence-corrected chi connectivity index (χ3v) is 7.20. The lowest BCUT2D eigenvalue weighted by atomic mass is 10.2. The molecule has 1 aliphatic rings. The van der Waals surface area contributed by atoms with E-state index in [4.69, 9.17) is 9.47 Å². The summed E-state index contributed by atoms with van der Waals surface area (Å²) in [6, 6.07) is 21.7. The predicted molar refractivity (Wildman–Crippen MR) is 151 cm³/mol. The van der Waals surface area contributed by atoms with Gasteiger partial charge in [0.1, 0.15) is 6.61 Å². The van der Waals surface area contributed by atoms with Crippen molar-refractivity contribution >= 4 is 79.8 Å². The summed E-state index contributed by atoms with van der Waals surface area (Å²) < 4.78 is 13.9. The van der Waals surface area contributed by atoms with E-state index in [0.717, 1.165) is 24.0 Å². The van der Waals surface area contributed by atoms with E-state index in [2.05, 4.69) is 55.5 Å². The second-order valence-corrected chi connectivity index (χ2v) is 10.3. The van der Waals surface area contributed by atoms with Gasteiger partial charge in [-0.3, -0.25) is 4.79 Å². The number of carbonyl (C=O) groups is 1. The lowest BCUT2D eigenvalue weighted by Crippen LogP contribution is -2.19. The van der Waals surface area contributed by atoms with Crippen molar-refractivity contribution in [2.45, 2.75) is 13.5 Å². The molecule has 33 heavy (non-hydrogen) atoms. The summed E-state index contributed by atoms with van der Waals surface area (Å²) in [7, 11) is 0. The van der Waals surface area contributed by atoms with Gasteiger partial charge in [0.2, 0.25) is 0 Å². The standard InChI is InChI=1S/C25H20I2N2O3S/c1-2-31-21-13-17(12-19(27)23(21)32-15-16-8-4-3-5-9-16)14-22-24(30)29-25(33-22)28-20-11-7-6-10-18(20)26/h3-14H,2,15H2,1H3,(H,28,29,30)/b22-14+. The van der Waals surface area contributed by atoms with E-state index >= 15 is 0 Å². The fourth-order valence-electron chi connectivity index (χ4n) is 3.09. The Kier molecular flexibility index (Phi) is 8.31. The van der Waals surface area contributed by atoms with Crippen LogP contribution in [0.2, 0.25) is 0 Å². The number of nitrogens with zero attached hydrogens (tertiary/aromatic N) is 1. The molecule has 1 fully saturated rings. The minimum absolute atomic E-state index is 0.165. The maximum Gasteiger partial charge on any atom is 0.264 e. The van der Waals surface area contributed by atoms with E-state index in [-0.39, 0.29) is 5.91 Å². The molecule has 0 atom stereocenters. The van der Waals surface area contributed by atoms with E-state index in [1.165, 1.54) is 11.8 Å². The van der Waals surface area contributed by atoms with Crippen LogP contribution in [0.25, 0.3) is 6.08 Å². The largest absolute Gasteiger partial charge is 0.490 e. The van der Waals surface area contributed by atoms with Crippen molar-refractivity contribution < 1.29 is 14.3 Å². The van der Waals surface area contributed by atoms with Gasteiger partial charge < -0.3 is 14.8 Å². The molecule has 3 aromatic carbocycles. The van der Waals surface area contributed by atoms with E-state index < -0.39 is 0 Å². The smallest absolute Gasteiger partial charge is 0.264 e. The van der Waals surface area contributed by atoms with Crippen molar-refractivity contribution in [2.75, 3.05) is 6.61 Å². The van der Waals surface area contributed by atoms with Gasteiger partial charge in [-0.2, -0.15) is 0 Å². The molecule has 0 bridgehead atoms. The van der Waals surface area contributed by atoms with Gasteiger partial charge >= 0.3 is 0 Å². The van der Waals surface area contributed by atoms with Crippen LogP contribution in [0.5, 0.6) is 11.5 Å². The Bertz CT molecular complexity index is 1230. The maximum absolute atomic E-state index is 12.5. The normalized spacial score (nSPS) is 15.7. The number of aliphatic imine (C=N–C) groups is 1. The van der Waals surface area contributed by atoms with Crippen LogP contribution in [0.4, 0.5) is 5.69 Å². The molecule has 0 radical (unpaired) electrons. The molecular weight excluding hydrogens is 662 g/mol. The lowest BCUT2D eigenvalue weighted by molar-refractivity contribution is -0.115. The molecule has 0 aromatic heterocycles. The molecule has 1 aliphatic heterocycles. The second-order valence-electron chi connectivity index (χ2n) is 6.97. The van der Waals surface area contributed by atoms with E-state index in [0.29, 0.717) is 34.8 Å². The molecule has 1 amide bonds. The number of ether oxygens (including phenoxy) is 2. The first-order valence-corrected chi connectivity index (χ1v) is 13.2. The average Bonchev–Trinajstić information content (AvgIpc) is 3.14. The highest BCUT2D eigenvalue weighted by Gasteiger charge is 2.24. The van der Waals surface area contributed by atoms with Gasteiger partial charge in [0.15, 0.2) is 16.7 Å². The molecule has 8 heteroatoms. The summed E-state index contributed by atoms with van der Waals surface area (Å²) >= 11 is 5.80. The van der Waals surface area contributed by atoms with Gasteiger partial charge in [-0.1, -0.05) is 42.5 Å². The fourth-order valence-corrected chi connectivity index (χ4v) is 5.21. The first-order valence-electron chi connectivity index (χ1n) is 10.2. The molecule has 3 aromatic rings. The number of amidine groups is 1. The average molecular weight is 682 g/mol. The quantitative estimate of drug-likeness (QED) is 0.221. The van der Waals surface area contributed by atoms with E-state index in [1.54, 1.807) is 0 Å². The Hall–Kier alpha value is -2.05. The van der Waals surface area contributed by atoms with Crippen LogP contribution in [-0.4, -0.2) is 17.7 Å². The van der Waals surface area contributed by atoms with Crippen molar-refractivity contribution in [3.8, 4) is 11.5 Å². The number of nitrogens with one attached hydrogen (secondary N) is 1.